The summed E-state index contributed by atoms with van der Waals surface area (Å²) >= 11 is 0. The summed E-state index contributed by atoms with van der Waals surface area (Å²) in [5.41, 5.74) is 1.97. The number of benzene rings is 1. The lowest BCUT2D eigenvalue weighted by atomic mass is 10.1. The fourth-order valence-electron chi connectivity index (χ4n) is 3.48. The minimum absolute atomic E-state index is 0.220. The van der Waals surface area contributed by atoms with E-state index in [4.69, 9.17) is 0 Å². The van der Waals surface area contributed by atoms with Gasteiger partial charge in [0.25, 0.3) is 0 Å². The third kappa shape index (κ3) is 3.71. The van der Waals surface area contributed by atoms with E-state index in [9.17, 15) is 18.3 Å². The Morgan fingerprint density at radius 3 is 2.79 bits per heavy atom. The molecule has 132 valence electrons. The molecule has 3 N–H and O–H groups in total. The van der Waals surface area contributed by atoms with Crippen molar-refractivity contribution in [2.45, 2.75) is 37.5 Å². The number of sulfonamides is 1. The zero-order chi connectivity index (χ0) is 17.3. The molecule has 0 unspecified atom stereocenters. The summed E-state index contributed by atoms with van der Waals surface area (Å²) in [6.45, 7) is 0.781. The lowest BCUT2D eigenvalue weighted by molar-refractivity contribution is 0.141. The molecule has 2 amide bonds. The molecule has 8 heteroatoms. The topological polar surface area (TPSA) is 98.7 Å². The zero-order valence-corrected chi connectivity index (χ0v) is 14.4. The van der Waals surface area contributed by atoms with Gasteiger partial charge in [-0.15, -0.1) is 0 Å². The summed E-state index contributed by atoms with van der Waals surface area (Å²) in [6.07, 6.45) is 2.51. The molecule has 1 saturated heterocycles. The molecule has 1 aliphatic carbocycles. The monoisotopic (exact) mass is 353 g/mol. The fourth-order valence-corrected chi connectivity index (χ4v) is 4.39. The number of hydrogen-bond donors (Lipinski definition) is 3. The van der Waals surface area contributed by atoms with Crippen molar-refractivity contribution in [1.29, 1.82) is 0 Å². The lowest BCUT2D eigenvalue weighted by Gasteiger charge is -2.31. The Hall–Kier alpha value is -1.64. The van der Waals surface area contributed by atoms with Gasteiger partial charge in [-0.2, -0.15) is 0 Å². The minimum atomic E-state index is -3.24. The molecule has 3 atom stereocenters. The fraction of sp³-hybridized carbons (Fsp3) is 0.562. The Morgan fingerprint density at radius 1 is 1.29 bits per heavy atom. The molecule has 1 heterocycles. The quantitative estimate of drug-likeness (QED) is 0.731. The first-order valence-corrected chi connectivity index (χ1v) is 9.97. The van der Waals surface area contributed by atoms with Gasteiger partial charge >= 0.3 is 6.03 Å². The number of urea groups is 1. The maximum absolute atomic E-state index is 12.3. The van der Waals surface area contributed by atoms with Gasteiger partial charge in [-0.05, 0) is 24.0 Å². The van der Waals surface area contributed by atoms with Gasteiger partial charge in [0.15, 0.2) is 0 Å². The van der Waals surface area contributed by atoms with E-state index in [1.165, 1.54) is 10.6 Å². The highest BCUT2D eigenvalue weighted by atomic mass is 32.2. The number of carbonyl (C=O) groups excluding carboxylic acids is 1. The summed E-state index contributed by atoms with van der Waals surface area (Å²) in [4.78, 5) is 12.3. The summed E-state index contributed by atoms with van der Waals surface area (Å²) in [5.74, 6) is 0. The van der Waals surface area contributed by atoms with Gasteiger partial charge < -0.3 is 15.7 Å². The number of rotatable bonds is 3. The Balaban J connectivity index is 1.60. The SMILES string of the molecule is CS(=O)(=O)N1CCC[C@H](NC(=O)N[C@H]2c3ccccc3C[C@H]2O)C1. The number of piperidine rings is 1. The highest BCUT2D eigenvalue weighted by molar-refractivity contribution is 7.88. The van der Waals surface area contributed by atoms with Crippen molar-refractivity contribution >= 4 is 16.1 Å². The lowest BCUT2D eigenvalue weighted by Crippen LogP contribution is -2.52. The number of amides is 2. The summed E-state index contributed by atoms with van der Waals surface area (Å²) in [6, 6.07) is 6.62. The minimum Gasteiger partial charge on any atom is -0.390 e. The van der Waals surface area contributed by atoms with E-state index in [2.05, 4.69) is 10.6 Å². The molecule has 24 heavy (non-hydrogen) atoms. The molecule has 1 aromatic carbocycles. The van der Waals surface area contributed by atoms with E-state index in [1.807, 2.05) is 24.3 Å². The smallest absolute Gasteiger partial charge is 0.315 e. The van der Waals surface area contributed by atoms with Crippen LogP contribution in [0.2, 0.25) is 0 Å². The average Bonchev–Trinajstić information content (AvgIpc) is 2.83. The van der Waals surface area contributed by atoms with Crippen molar-refractivity contribution in [3.05, 3.63) is 35.4 Å². The first-order valence-electron chi connectivity index (χ1n) is 8.12. The number of nitrogens with one attached hydrogen (secondary N) is 2. The van der Waals surface area contributed by atoms with Crippen molar-refractivity contribution in [2.75, 3.05) is 19.3 Å². The van der Waals surface area contributed by atoms with Crippen LogP contribution >= 0.6 is 0 Å². The maximum atomic E-state index is 12.3. The Bertz CT molecular complexity index is 722. The molecule has 0 aromatic heterocycles. The molecular weight excluding hydrogens is 330 g/mol. The predicted molar refractivity (Wildman–Crippen MR) is 90.0 cm³/mol. The Kier molecular flexibility index (Phi) is 4.80. The number of carbonyl (C=O) groups is 1. The summed E-state index contributed by atoms with van der Waals surface area (Å²) < 4.78 is 24.7. The van der Waals surface area contributed by atoms with Gasteiger partial charge in [-0.1, -0.05) is 24.3 Å². The van der Waals surface area contributed by atoms with Gasteiger partial charge in [-0.25, -0.2) is 17.5 Å². The molecule has 7 nitrogen and oxygen atoms in total. The normalized spacial score (nSPS) is 27.5. The molecule has 0 radical (unpaired) electrons. The van der Waals surface area contributed by atoms with Crippen LogP contribution in [-0.4, -0.2) is 55.4 Å². The third-order valence-corrected chi connectivity index (χ3v) is 5.95. The maximum Gasteiger partial charge on any atom is 0.315 e. The number of fused-ring (bicyclic) bond motifs is 1. The van der Waals surface area contributed by atoms with Crippen LogP contribution < -0.4 is 10.6 Å². The predicted octanol–water partition coefficient (Wildman–Crippen LogP) is 0.368. The second-order valence-electron chi connectivity index (χ2n) is 6.53. The number of hydrogen-bond acceptors (Lipinski definition) is 4. The van der Waals surface area contributed by atoms with Crippen LogP contribution in [0.25, 0.3) is 0 Å². The largest absolute Gasteiger partial charge is 0.390 e. The zero-order valence-electron chi connectivity index (χ0n) is 13.6. The molecule has 2 aliphatic rings. The van der Waals surface area contributed by atoms with Crippen molar-refractivity contribution < 1.29 is 18.3 Å². The molecule has 3 rings (SSSR count). The van der Waals surface area contributed by atoms with E-state index < -0.39 is 22.2 Å². The van der Waals surface area contributed by atoms with Gasteiger partial charge in [0, 0.05) is 25.6 Å². The molecule has 1 fully saturated rings. The van der Waals surface area contributed by atoms with Crippen LogP contribution in [0.4, 0.5) is 4.79 Å². The molecule has 1 aliphatic heterocycles. The van der Waals surface area contributed by atoms with Crippen LogP contribution in [0.1, 0.15) is 30.0 Å². The van der Waals surface area contributed by atoms with Crippen LogP contribution in [-0.2, 0) is 16.4 Å². The van der Waals surface area contributed by atoms with E-state index in [-0.39, 0.29) is 18.6 Å². The van der Waals surface area contributed by atoms with Crippen molar-refractivity contribution in [3.8, 4) is 0 Å². The number of nitrogens with zero attached hydrogens (tertiary/aromatic N) is 1. The number of aliphatic hydroxyl groups is 1. The highest BCUT2D eigenvalue weighted by Crippen LogP contribution is 2.31. The van der Waals surface area contributed by atoms with Crippen LogP contribution in [0, 0.1) is 0 Å². The van der Waals surface area contributed by atoms with Gasteiger partial charge in [0.1, 0.15) is 0 Å². The molecule has 0 saturated carbocycles. The number of aliphatic hydroxyl groups excluding tert-OH is 1. The van der Waals surface area contributed by atoms with E-state index in [0.717, 1.165) is 17.5 Å². The summed E-state index contributed by atoms with van der Waals surface area (Å²) in [5, 5.41) is 15.8. The van der Waals surface area contributed by atoms with Crippen LogP contribution in [0.3, 0.4) is 0 Å². The molecule has 0 bridgehead atoms. The van der Waals surface area contributed by atoms with Crippen LogP contribution in [0.5, 0.6) is 0 Å². The van der Waals surface area contributed by atoms with Crippen molar-refractivity contribution in [1.82, 2.24) is 14.9 Å². The van der Waals surface area contributed by atoms with Gasteiger partial charge in [-0.3, -0.25) is 0 Å². The third-order valence-electron chi connectivity index (χ3n) is 4.68. The van der Waals surface area contributed by atoms with Crippen molar-refractivity contribution in [3.63, 3.8) is 0 Å². The average molecular weight is 353 g/mol. The van der Waals surface area contributed by atoms with Crippen LogP contribution in [0.15, 0.2) is 24.3 Å². The first-order chi connectivity index (χ1) is 11.3. The van der Waals surface area contributed by atoms with Crippen molar-refractivity contribution in [2.24, 2.45) is 0 Å². The van der Waals surface area contributed by atoms with E-state index >= 15 is 0 Å². The second-order valence-corrected chi connectivity index (χ2v) is 8.51. The van der Waals surface area contributed by atoms with Gasteiger partial charge in [0.05, 0.1) is 18.4 Å². The van der Waals surface area contributed by atoms with Gasteiger partial charge in [0.2, 0.25) is 10.0 Å². The van der Waals surface area contributed by atoms with E-state index in [0.29, 0.717) is 19.4 Å². The molecule has 0 spiro atoms. The Labute approximate surface area is 142 Å². The Morgan fingerprint density at radius 2 is 2.04 bits per heavy atom. The van der Waals surface area contributed by atoms with E-state index in [1.54, 1.807) is 0 Å². The molecular formula is C16H23N3O4S. The highest BCUT2D eigenvalue weighted by Gasteiger charge is 2.33. The summed E-state index contributed by atoms with van der Waals surface area (Å²) in [7, 11) is -3.24. The first kappa shape index (κ1) is 17.2. The standard InChI is InChI=1S/C16H23N3O4S/c1-24(22,23)19-8-4-6-12(10-19)17-16(21)18-15-13-7-3-2-5-11(13)9-14(15)20/h2-3,5,7,12,14-15,20H,4,6,8-10H2,1H3,(H2,17,18,21)/t12-,14+,15-/m0/s1. The second kappa shape index (κ2) is 6.70. The molecule has 1 aromatic rings.